The van der Waals surface area contributed by atoms with E-state index in [1.165, 1.54) is 18.4 Å². The molecule has 2 N–H and O–H groups in total. The van der Waals surface area contributed by atoms with Gasteiger partial charge in [0.15, 0.2) is 0 Å². The highest BCUT2D eigenvalue weighted by Gasteiger charge is 2.31. The lowest BCUT2D eigenvalue weighted by atomic mass is 9.93. The van der Waals surface area contributed by atoms with Gasteiger partial charge in [0.05, 0.1) is 5.60 Å². The summed E-state index contributed by atoms with van der Waals surface area (Å²) in [5.74, 6) is 0.469. The third kappa shape index (κ3) is 3.33. The molecule has 2 nitrogen and oxygen atoms in total. The minimum absolute atomic E-state index is 0.386. The quantitative estimate of drug-likeness (QED) is 0.838. The smallest absolute Gasteiger partial charge is 0.0771 e. The minimum atomic E-state index is -0.454. The SMILES string of the molecule is CC(NCC1(O)CCCC1)C(C)c1ccccc1. The van der Waals surface area contributed by atoms with Gasteiger partial charge in [-0.15, -0.1) is 0 Å². The molecule has 0 amide bonds. The van der Waals surface area contributed by atoms with Crippen LogP contribution in [0.4, 0.5) is 0 Å². The molecule has 0 saturated heterocycles. The molecule has 0 radical (unpaired) electrons. The fourth-order valence-electron chi connectivity index (χ4n) is 2.78. The molecule has 1 fully saturated rings. The Morgan fingerprint density at radius 3 is 2.39 bits per heavy atom. The summed E-state index contributed by atoms with van der Waals surface area (Å²) in [5, 5.41) is 13.8. The highest BCUT2D eigenvalue weighted by atomic mass is 16.3. The fourth-order valence-corrected chi connectivity index (χ4v) is 2.78. The lowest BCUT2D eigenvalue weighted by molar-refractivity contribution is 0.0447. The molecule has 0 bridgehead atoms. The Labute approximate surface area is 110 Å². The second-order valence-electron chi connectivity index (χ2n) is 5.80. The van der Waals surface area contributed by atoms with Crippen molar-refractivity contribution in [1.29, 1.82) is 0 Å². The summed E-state index contributed by atoms with van der Waals surface area (Å²) in [6.45, 7) is 5.17. The highest BCUT2D eigenvalue weighted by Crippen LogP contribution is 2.29. The van der Waals surface area contributed by atoms with Crippen LogP contribution >= 0.6 is 0 Å². The Morgan fingerprint density at radius 1 is 1.17 bits per heavy atom. The zero-order valence-electron chi connectivity index (χ0n) is 11.5. The van der Waals surface area contributed by atoms with E-state index in [9.17, 15) is 5.11 Å². The number of rotatable bonds is 5. The van der Waals surface area contributed by atoms with Gasteiger partial charge in [-0.05, 0) is 31.2 Å². The van der Waals surface area contributed by atoms with Gasteiger partial charge in [-0.1, -0.05) is 50.1 Å². The molecule has 1 aromatic carbocycles. The van der Waals surface area contributed by atoms with Crippen molar-refractivity contribution >= 4 is 0 Å². The van der Waals surface area contributed by atoms with Gasteiger partial charge in [-0.2, -0.15) is 0 Å². The first-order valence-electron chi connectivity index (χ1n) is 7.11. The monoisotopic (exact) mass is 247 g/mol. The molecule has 18 heavy (non-hydrogen) atoms. The highest BCUT2D eigenvalue weighted by molar-refractivity contribution is 5.20. The van der Waals surface area contributed by atoms with Gasteiger partial charge < -0.3 is 10.4 Å². The van der Waals surface area contributed by atoms with Crippen molar-refractivity contribution in [2.75, 3.05) is 6.54 Å². The number of hydrogen-bond donors (Lipinski definition) is 2. The fraction of sp³-hybridized carbons (Fsp3) is 0.625. The average Bonchev–Trinajstić information content (AvgIpc) is 2.83. The molecular weight excluding hydrogens is 222 g/mol. The molecule has 1 saturated carbocycles. The van der Waals surface area contributed by atoms with Crippen LogP contribution in [0.1, 0.15) is 51.0 Å². The Morgan fingerprint density at radius 2 is 1.78 bits per heavy atom. The number of nitrogens with one attached hydrogen (secondary N) is 1. The molecule has 2 unspecified atom stereocenters. The van der Waals surface area contributed by atoms with E-state index in [0.717, 1.165) is 19.4 Å². The third-order valence-electron chi connectivity index (χ3n) is 4.36. The Bertz CT molecular complexity index is 357. The summed E-state index contributed by atoms with van der Waals surface area (Å²) in [7, 11) is 0. The van der Waals surface area contributed by atoms with E-state index >= 15 is 0 Å². The average molecular weight is 247 g/mol. The van der Waals surface area contributed by atoms with Crippen molar-refractivity contribution in [1.82, 2.24) is 5.32 Å². The summed E-state index contributed by atoms with van der Waals surface area (Å²) in [5.41, 5.74) is 0.904. The van der Waals surface area contributed by atoms with Gasteiger partial charge in [0.25, 0.3) is 0 Å². The Kier molecular flexibility index (Phi) is 4.41. The van der Waals surface area contributed by atoms with Crippen LogP contribution in [0.2, 0.25) is 0 Å². The molecule has 1 aromatic rings. The van der Waals surface area contributed by atoms with Crippen LogP contribution in [-0.4, -0.2) is 23.3 Å². The molecule has 0 aliphatic heterocycles. The van der Waals surface area contributed by atoms with Crippen LogP contribution in [-0.2, 0) is 0 Å². The van der Waals surface area contributed by atoms with Crippen molar-refractivity contribution in [3.05, 3.63) is 35.9 Å². The number of aliphatic hydroxyl groups is 1. The van der Waals surface area contributed by atoms with Crippen LogP contribution in [0, 0.1) is 0 Å². The van der Waals surface area contributed by atoms with Crippen LogP contribution in [0.15, 0.2) is 30.3 Å². The largest absolute Gasteiger partial charge is 0.389 e. The molecule has 0 heterocycles. The van der Waals surface area contributed by atoms with E-state index in [1.54, 1.807) is 0 Å². The molecular formula is C16H25NO. The van der Waals surface area contributed by atoms with Crippen LogP contribution < -0.4 is 5.32 Å². The second-order valence-corrected chi connectivity index (χ2v) is 5.80. The van der Waals surface area contributed by atoms with E-state index in [2.05, 4.69) is 49.5 Å². The summed E-state index contributed by atoms with van der Waals surface area (Å²) < 4.78 is 0. The van der Waals surface area contributed by atoms with E-state index < -0.39 is 5.60 Å². The lowest BCUT2D eigenvalue weighted by Gasteiger charge is -2.28. The molecule has 0 spiro atoms. The predicted octanol–water partition coefficient (Wildman–Crippen LogP) is 3.07. The standard InChI is InChI=1S/C16H25NO/c1-13(15-8-4-3-5-9-15)14(2)17-12-16(18)10-6-7-11-16/h3-5,8-9,13-14,17-18H,6-7,10-12H2,1-2H3. The maximum absolute atomic E-state index is 10.3. The summed E-state index contributed by atoms with van der Waals surface area (Å²) in [6.07, 6.45) is 4.24. The number of hydrogen-bond acceptors (Lipinski definition) is 2. The van der Waals surface area contributed by atoms with Gasteiger partial charge in [0.1, 0.15) is 0 Å². The predicted molar refractivity (Wildman–Crippen MR) is 75.7 cm³/mol. The van der Waals surface area contributed by atoms with Crippen LogP contribution in [0.3, 0.4) is 0 Å². The van der Waals surface area contributed by atoms with Gasteiger partial charge >= 0.3 is 0 Å². The Hall–Kier alpha value is -0.860. The molecule has 2 rings (SSSR count). The lowest BCUT2D eigenvalue weighted by Crippen LogP contribution is -2.43. The van der Waals surface area contributed by atoms with Crippen LogP contribution in [0.5, 0.6) is 0 Å². The summed E-state index contributed by atoms with van der Waals surface area (Å²) in [4.78, 5) is 0. The van der Waals surface area contributed by atoms with Crippen molar-refractivity contribution < 1.29 is 5.11 Å². The van der Waals surface area contributed by atoms with Crippen molar-refractivity contribution in [2.45, 2.75) is 57.1 Å². The first-order chi connectivity index (χ1) is 8.61. The second kappa shape index (κ2) is 5.85. The molecule has 1 aliphatic rings. The van der Waals surface area contributed by atoms with Gasteiger partial charge in [-0.3, -0.25) is 0 Å². The van der Waals surface area contributed by atoms with Gasteiger partial charge in [-0.25, -0.2) is 0 Å². The molecule has 100 valence electrons. The maximum atomic E-state index is 10.3. The van der Waals surface area contributed by atoms with Crippen molar-refractivity contribution in [3.63, 3.8) is 0 Å². The first kappa shape index (κ1) is 13.6. The van der Waals surface area contributed by atoms with E-state index in [4.69, 9.17) is 0 Å². The molecule has 1 aliphatic carbocycles. The minimum Gasteiger partial charge on any atom is -0.389 e. The topological polar surface area (TPSA) is 32.3 Å². The van der Waals surface area contributed by atoms with Crippen molar-refractivity contribution in [2.24, 2.45) is 0 Å². The maximum Gasteiger partial charge on any atom is 0.0771 e. The van der Waals surface area contributed by atoms with Crippen molar-refractivity contribution in [3.8, 4) is 0 Å². The van der Waals surface area contributed by atoms with E-state index in [0.29, 0.717) is 12.0 Å². The zero-order chi connectivity index (χ0) is 13.0. The van der Waals surface area contributed by atoms with E-state index in [-0.39, 0.29) is 0 Å². The van der Waals surface area contributed by atoms with E-state index in [1.807, 2.05) is 0 Å². The molecule has 0 aromatic heterocycles. The third-order valence-corrected chi connectivity index (χ3v) is 4.36. The summed E-state index contributed by atoms with van der Waals surface area (Å²) >= 11 is 0. The van der Waals surface area contributed by atoms with Gasteiger partial charge in [0, 0.05) is 12.6 Å². The summed E-state index contributed by atoms with van der Waals surface area (Å²) in [6, 6.07) is 11.0. The molecule has 2 atom stereocenters. The molecule has 2 heteroatoms. The van der Waals surface area contributed by atoms with Crippen LogP contribution in [0.25, 0.3) is 0 Å². The first-order valence-corrected chi connectivity index (χ1v) is 7.11. The number of benzene rings is 1. The normalized spacial score (nSPS) is 21.7. The van der Waals surface area contributed by atoms with Gasteiger partial charge in [0.2, 0.25) is 0 Å². The zero-order valence-corrected chi connectivity index (χ0v) is 11.5. The Balaban J connectivity index is 1.86.